The lowest BCUT2D eigenvalue weighted by molar-refractivity contribution is 1.29. The Hall–Kier alpha value is -18.2. The second-order valence-corrected chi connectivity index (χ2v) is 35.5. The van der Waals surface area contributed by atoms with Crippen LogP contribution in [0.1, 0.15) is 0 Å². The Bertz CT molecular complexity index is 10300. The Morgan fingerprint density at radius 2 is 0.375 bits per heavy atom. The maximum absolute atomic E-state index is 5.32. The van der Waals surface area contributed by atoms with Gasteiger partial charge in [0, 0.05) is 53.5 Å². The van der Waals surface area contributed by atoms with Crippen LogP contribution in [0.2, 0.25) is 0 Å². The van der Waals surface area contributed by atoms with Gasteiger partial charge in [0.2, 0.25) is 0 Å². The van der Waals surface area contributed by atoms with Crippen molar-refractivity contribution in [2.45, 2.75) is 0 Å². The molecule has 7 heteroatoms. The Kier molecular flexibility index (Phi) is 18.2. The Balaban J connectivity index is 0.0000000926. The van der Waals surface area contributed by atoms with Crippen LogP contribution >= 0.6 is 0 Å². The van der Waals surface area contributed by atoms with Crippen molar-refractivity contribution in [1.82, 2.24) is 34.9 Å². The van der Waals surface area contributed by atoms with Crippen molar-refractivity contribution in [1.29, 1.82) is 0 Å². The van der Waals surface area contributed by atoms with E-state index in [-0.39, 0.29) is 0 Å². The lowest BCUT2D eigenvalue weighted by atomic mass is 9.86. The van der Waals surface area contributed by atoms with Gasteiger partial charge in [-0.2, -0.15) is 0 Å². The summed E-state index contributed by atoms with van der Waals surface area (Å²) in [6, 6.07) is 156. The first kappa shape index (κ1) is 77.7. The highest BCUT2D eigenvalue weighted by Gasteiger charge is 2.23. The predicted molar refractivity (Wildman–Crippen MR) is 577 cm³/mol. The van der Waals surface area contributed by atoms with E-state index in [0.29, 0.717) is 0 Å². The molecule has 30 aromatic rings. The summed E-state index contributed by atoms with van der Waals surface area (Å²) in [6.07, 6.45) is 10.5. The number of fused-ring (bicyclic) bond motifs is 38. The third-order valence-corrected chi connectivity index (χ3v) is 28.2. The number of pyridine rings is 1. The minimum atomic E-state index is 0.911. The minimum absolute atomic E-state index is 0.911. The largest absolute Gasteiger partial charge is 0.253 e. The van der Waals surface area contributed by atoms with E-state index in [4.69, 9.17) is 4.98 Å². The van der Waals surface area contributed by atoms with Gasteiger partial charge < -0.3 is 0 Å². The van der Waals surface area contributed by atoms with Crippen molar-refractivity contribution >= 4 is 238 Å². The summed E-state index contributed by atoms with van der Waals surface area (Å²) in [5.74, 6) is 0. The van der Waals surface area contributed by atoms with E-state index in [1.807, 2.05) is 0 Å². The van der Waals surface area contributed by atoms with Crippen molar-refractivity contribution in [2.24, 2.45) is 0 Å². The molecule has 26 aromatic carbocycles. The van der Waals surface area contributed by atoms with Crippen LogP contribution < -0.4 is 0 Å². The van der Waals surface area contributed by atoms with Gasteiger partial charge in [-0.25, -0.2) is 4.98 Å². The number of hydrogen-bond acceptors (Lipinski definition) is 7. The van der Waals surface area contributed by atoms with Gasteiger partial charge >= 0.3 is 0 Å². The molecular weight excluding hydrogens is 1650 g/mol. The second kappa shape index (κ2) is 31.9. The fourth-order valence-electron chi connectivity index (χ4n) is 22.0. The maximum atomic E-state index is 5.32. The molecule has 7 nitrogen and oxygen atoms in total. The standard InChI is InChI=1S/C39H23N.C34H20N2.C30H18N2.C26H16N2/c1-3-11-27-24(9-1)19-21-33-29-13-5-6-14-30(29)35-23-34(31-15-7-8-16-32(31)38(35)37(27)33)36-22-20-26-18-17-25-10-2-4-12-28(25)39(26)40-36;1-2-8-22-18-30-29(17-21(22)7-1)24-9-3-4-10-25(24)31-20-28(26-11-5-6-12-27(26)34(30)31)23-13-14-32-33(19-23)36-16-15-35-32;1-2-9-22-20(7-1)21-8-3-5-11-24(21)30-25-12-6-4-10-23(25)26(18-27(22)30)19-13-14-28-29(17-19)32-16-15-31-28;1-2-6-19-17(5-1)9-11-22-20-7-3-4-8-21(20)23(16-24(19)22)18-10-12-25-26(15-18)28-14-13-27-25/h1-23H;1-20H;1-18H;1-16H. The minimum Gasteiger partial charge on any atom is -0.253 e. The summed E-state index contributed by atoms with van der Waals surface area (Å²) in [5, 5.41) is 47.2. The Labute approximate surface area is 779 Å². The lowest BCUT2D eigenvalue weighted by Crippen LogP contribution is -1.92. The van der Waals surface area contributed by atoms with Crippen molar-refractivity contribution < 1.29 is 0 Å². The van der Waals surface area contributed by atoms with Crippen LogP contribution in [0.25, 0.3) is 283 Å². The van der Waals surface area contributed by atoms with Gasteiger partial charge in [-0.3, -0.25) is 29.9 Å². The smallest absolute Gasteiger partial charge is 0.0892 e. The van der Waals surface area contributed by atoms with Crippen molar-refractivity contribution in [3.8, 4) is 44.6 Å². The number of benzene rings is 26. The molecule has 0 bridgehead atoms. The van der Waals surface area contributed by atoms with Crippen LogP contribution in [0.15, 0.2) is 468 Å². The first-order valence-electron chi connectivity index (χ1n) is 46.3. The lowest BCUT2D eigenvalue weighted by Gasteiger charge is -2.17. The average molecular weight is 1730 g/mol. The average Bonchev–Trinajstić information content (AvgIpc) is 0.691. The summed E-state index contributed by atoms with van der Waals surface area (Å²) in [5.41, 5.74) is 15.9. The fraction of sp³-hybridized carbons (Fsp3) is 0. The van der Waals surface area contributed by atoms with Crippen LogP contribution in [0, 0.1) is 0 Å². The number of nitrogens with zero attached hydrogens (tertiary/aromatic N) is 7. The van der Waals surface area contributed by atoms with Crippen LogP contribution in [0.5, 0.6) is 0 Å². The van der Waals surface area contributed by atoms with Crippen LogP contribution in [-0.2, 0) is 0 Å². The SMILES string of the molecule is c1ccc2c(c1)c(-c1ccc3nccnc3c1)cc1c3ccccc3c3ccccc3c21.c1ccc2c(c1)ccc1c3ccccc3c(-c3ccc4nccnc4c3)cc21.c1ccc2c(c1)ccc1ccc(-c3cc4c5ccccc5c5ccc6ccccc6c5c4c4ccccc34)nc12.c1ccc2cc3c(cc2c1)c1ccccc1c1cc(-c2ccc4nccnc4c2)c2ccccc2c13. The molecule has 0 N–H and O–H groups in total. The van der Waals surface area contributed by atoms with Gasteiger partial charge in [0.25, 0.3) is 0 Å². The molecule has 0 aliphatic heterocycles. The number of aromatic nitrogens is 7. The van der Waals surface area contributed by atoms with Gasteiger partial charge in [-0.05, 0) is 301 Å². The van der Waals surface area contributed by atoms with Crippen LogP contribution in [0.4, 0.5) is 0 Å². The summed E-state index contributed by atoms with van der Waals surface area (Å²) in [7, 11) is 0. The Morgan fingerprint density at radius 3 is 0.860 bits per heavy atom. The van der Waals surface area contributed by atoms with Crippen molar-refractivity contribution in [3.63, 3.8) is 0 Å². The normalized spacial score (nSPS) is 11.8. The van der Waals surface area contributed by atoms with E-state index in [1.165, 1.54) is 222 Å². The Morgan fingerprint density at radius 1 is 0.125 bits per heavy atom. The molecule has 0 atom stereocenters. The zero-order valence-corrected chi connectivity index (χ0v) is 73.6. The van der Waals surface area contributed by atoms with Crippen LogP contribution in [0.3, 0.4) is 0 Å². The summed E-state index contributed by atoms with van der Waals surface area (Å²) < 4.78 is 0. The van der Waals surface area contributed by atoms with Gasteiger partial charge in [0.1, 0.15) is 0 Å². The third-order valence-electron chi connectivity index (χ3n) is 28.2. The number of hydrogen-bond donors (Lipinski definition) is 0. The van der Waals surface area contributed by atoms with E-state index < -0.39 is 0 Å². The molecule has 0 amide bonds. The second-order valence-electron chi connectivity index (χ2n) is 35.5. The molecule has 0 fully saturated rings. The first-order chi connectivity index (χ1) is 67.5. The quantitative estimate of drug-likeness (QED) is 0.128. The molecule has 30 rings (SSSR count). The van der Waals surface area contributed by atoms with E-state index in [9.17, 15) is 0 Å². The molecule has 4 heterocycles. The molecule has 0 radical (unpaired) electrons. The zero-order chi connectivity index (χ0) is 89.4. The van der Waals surface area contributed by atoms with E-state index in [2.05, 4.69) is 461 Å². The summed E-state index contributed by atoms with van der Waals surface area (Å²) >= 11 is 0. The maximum Gasteiger partial charge on any atom is 0.0892 e. The molecule has 0 aliphatic carbocycles. The predicted octanol–water partition coefficient (Wildman–Crippen LogP) is 34.5. The zero-order valence-electron chi connectivity index (χ0n) is 73.6. The van der Waals surface area contributed by atoms with E-state index >= 15 is 0 Å². The van der Waals surface area contributed by atoms with Gasteiger partial charge in [-0.15, -0.1) is 0 Å². The summed E-state index contributed by atoms with van der Waals surface area (Å²) in [4.78, 5) is 32.2. The van der Waals surface area contributed by atoms with Crippen LogP contribution in [-0.4, -0.2) is 34.9 Å². The molecule has 628 valence electrons. The molecule has 4 aromatic heterocycles. The van der Waals surface area contributed by atoms with E-state index in [0.717, 1.165) is 60.8 Å². The topological polar surface area (TPSA) is 90.2 Å². The van der Waals surface area contributed by atoms with Gasteiger partial charge in [0.05, 0.1) is 44.3 Å². The molecule has 0 saturated heterocycles. The molecule has 0 aliphatic rings. The highest BCUT2D eigenvalue weighted by Crippen LogP contribution is 2.50. The molecular formula is C129H77N7. The first-order valence-corrected chi connectivity index (χ1v) is 46.3. The van der Waals surface area contributed by atoms with Crippen molar-refractivity contribution in [3.05, 3.63) is 468 Å². The van der Waals surface area contributed by atoms with Crippen molar-refractivity contribution in [2.75, 3.05) is 0 Å². The molecule has 0 saturated carbocycles. The van der Waals surface area contributed by atoms with Gasteiger partial charge in [-0.1, -0.05) is 352 Å². The molecule has 0 unspecified atom stereocenters. The van der Waals surface area contributed by atoms with E-state index in [1.54, 1.807) is 37.2 Å². The fourth-order valence-corrected chi connectivity index (χ4v) is 22.0. The highest BCUT2D eigenvalue weighted by molar-refractivity contribution is 6.39. The monoisotopic (exact) mass is 1720 g/mol. The molecule has 136 heavy (non-hydrogen) atoms. The summed E-state index contributed by atoms with van der Waals surface area (Å²) in [6.45, 7) is 0. The number of rotatable bonds is 4. The third kappa shape index (κ3) is 12.8. The molecule has 0 spiro atoms. The highest BCUT2D eigenvalue weighted by atomic mass is 14.8. The van der Waals surface area contributed by atoms with Gasteiger partial charge in [0.15, 0.2) is 0 Å².